The summed E-state index contributed by atoms with van der Waals surface area (Å²) < 4.78 is 1.40. The number of carbonyl (C=O) groups is 1. The predicted molar refractivity (Wildman–Crippen MR) is 91.9 cm³/mol. The first-order valence-corrected chi connectivity index (χ1v) is 8.25. The second-order valence-electron chi connectivity index (χ2n) is 6.17. The largest absolute Gasteiger partial charge is 0.339 e. The van der Waals surface area contributed by atoms with Crippen molar-refractivity contribution in [3.8, 4) is 0 Å². The van der Waals surface area contributed by atoms with E-state index in [2.05, 4.69) is 22.1 Å². The van der Waals surface area contributed by atoms with Crippen LogP contribution in [0.5, 0.6) is 0 Å². The fourth-order valence-corrected chi connectivity index (χ4v) is 3.00. The zero-order valence-electron chi connectivity index (χ0n) is 14.2. The van der Waals surface area contributed by atoms with E-state index in [4.69, 9.17) is 0 Å². The lowest BCUT2D eigenvalue weighted by Crippen LogP contribution is -2.49. The van der Waals surface area contributed by atoms with Gasteiger partial charge in [0.05, 0.1) is 4.92 Å². The van der Waals surface area contributed by atoms with Crippen molar-refractivity contribution in [3.05, 3.63) is 57.9 Å². The van der Waals surface area contributed by atoms with Crippen molar-refractivity contribution >= 4 is 11.6 Å². The number of carbonyl (C=O) groups excluding carboxylic acids is 1. The summed E-state index contributed by atoms with van der Waals surface area (Å²) in [6.07, 6.45) is 1.19. The van der Waals surface area contributed by atoms with Gasteiger partial charge < -0.3 is 4.90 Å². The number of rotatable bonds is 5. The first-order chi connectivity index (χ1) is 12.0. The molecule has 1 aromatic carbocycles. The molecule has 8 heteroatoms. The molecule has 1 aromatic heterocycles. The van der Waals surface area contributed by atoms with Crippen LogP contribution in [0.3, 0.4) is 0 Å². The van der Waals surface area contributed by atoms with Crippen LogP contribution in [0.25, 0.3) is 0 Å². The smallest absolute Gasteiger partial charge is 0.309 e. The maximum atomic E-state index is 12.4. The number of amides is 1. The third kappa shape index (κ3) is 4.03. The molecule has 1 saturated heterocycles. The van der Waals surface area contributed by atoms with E-state index in [0.29, 0.717) is 18.8 Å². The maximum absolute atomic E-state index is 12.4. The molecule has 8 nitrogen and oxygen atoms in total. The predicted octanol–water partition coefficient (Wildman–Crippen LogP) is 1.44. The van der Waals surface area contributed by atoms with Crippen LogP contribution in [0.1, 0.15) is 11.3 Å². The van der Waals surface area contributed by atoms with Gasteiger partial charge in [-0.05, 0) is 12.5 Å². The summed E-state index contributed by atoms with van der Waals surface area (Å²) in [7, 11) is 0. The van der Waals surface area contributed by atoms with Crippen LogP contribution in [0.15, 0.2) is 36.5 Å². The zero-order valence-corrected chi connectivity index (χ0v) is 14.2. The van der Waals surface area contributed by atoms with Crippen LogP contribution in [-0.4, -0.2) is 56.6 Å². The normalized spacial score (nSPS) is 15.3. The zero-order chi connectivity index (χ0) is 17.8. The molecule has 1 amide bonds. The van der Waals surface area contributed by atoms with Crippen molar-refractivity contribution in [2.75, 3.05) is 26.2 Å². The molecule has 132 valence electrons. The summed E-state index contributed by atoms with van der Waals surface area (Å²) in [4.78, 5) is 26.9. The molecule has 3 rings (SSSR count). The summed E-state index contributed by atoms with van der Waals surface area (Å²) in [6, 6.07) is 10.3. The Morgan fingerprint density at radius 2 is 1.88 bits per heavy atom. The monoisotopic (exact) mass is 343 g/mol. The van der Waals surface area contributed by atoms with Crippen LogP contribution in [0.2, 0.25) is 0 Å². The number of hydrogen-bond acceptors (Lipinski definition) is 5. The summed E-state index contributed by atoms with van der Waals surface area (Å²) in [5.41, 5.74) is 1.61. The Hall–Kier alpha value is -2.74. The van der Waals surface area contributed by atoms with Crippen molar-refractivity contribution in [3.63, 3.8) is 0 Å². The first kappa shape index (κ1) is 17.1. The number of piperazine rings is 1. The molecule has 0 atom stereocenters. The Labute approximate surface area is 145 Å². The molecule has 1 fully saturated rings. The van der Waals surface area contributed by atoms with E-state index < -0.39 is 4.92 Å². The molecule has 0 aliphatic carbocycles. The molecular weight excluding hydrogens is 322 g/mol. The highest BCUT2D eigenvalue weighted by atomic mass is 16.6. The van der Waals surface area contributed by atoms with E-state index in [0.717, 1.165) is 19.6 Å². The Kier molecular flexibility index (Phi) is 5.08. The molecular formula is C17H21N5O3. The van der Waals surface area contributed by atoms with Crippen LogP contribution < -0.4 is 0 Å². The molecule has 0 saturated carbocycles. The van der Waals surface area contributed by atoms with Crippen molar-refractivity contribution in [2.24, 2.45) is 0 Å². The van der Waals surface area contributed by atoms with Crippen molar-refractivity contribution in [1.29, 1.82) is 0 Å². The number of benzene rings is 1. The molecule has 0 spiro atoms. The van der Waals surface area contributed by atoms with Gasteiger partial charge in [-0.3, -0.25) is 24.5 Å². The average molecular weight is 343 g/mol. The molecule has 2 aromatic rings. The summed E-state index contributed by atoms with van der Waals surface area (Å²) in [5.74, 6) is -0.0551. The Morgan fingerprint density at radius 1 is 1.20 bits per heavy atom. The summed E-state index contributed by atoms with van der Waals surface area (Å²) in [5, 5.41) is 14.8. The van der Waals surface area contributed by atoms with Gasteiger partial charge in [0.15, 0.2) is 0 Å². The molecule has 25 heavy (non-hydrogen) atoms. The van der Waals surface area contributed by atoms with Crippen molar-refractivity contribution in [2.45, 2.75) is 20.0 Å². The van der Waals surface area contributed by atoms with E-state index in [1.54, 1.807) is 11.8 Å². The summed E-state index contributed by atoms with van der Waals surface area (Å²) in [6.45, 7) is 5.49. The van der Waals surface area contributed by atoms with Gasteiger partial charge in [-0.1, -0.05) is 30.3 Å². The maximum Gasteiger partial charge on any atom is 0.309 e. The van der Waals surface area contributed by atoms with Crippen molar-refractivity contribution < 1.29 is 9.72 Å². The minimum atomic E-state index is -0.480. The number of nitrogens with zero attached hydrogens (tertiary/aromatic N) is 5. The summed E-state index contributed by atoms with van der Waals surface area (Å²) >= 11 is 0. The van der Waals surface area contributed by atoms with Crippen molar-refractivity contribution in [1.82, 2.24) is 19.6 Å². The molecule has 0 bridgehead atoms. The van der Waals surface area contributed by atoms with E-state index in [9.17, 15) is 14.9 Å². The molecule has 0 N–H and O–H groups in total. The van der Waals surface area contributed by atoms with Crippen LogP contribution in [0.4, 0.5) is 5.69 Å². The molecule has 1 aliphatic rings. The van der Waals surface area contributed by atoms with Crippen LogP contribution in [0, 0.1) is 17.0 Å². The van der Waals surface area contributed by atoms with Gasteiger partial charge in [0.2, 0.25) is 5.91 Å². The Balaban J connectivity index is 1.52. The van der Waals surface area contributed by atoms with E-state index >= 15 is 0 Å². The van der Waals surface area contributed by atoms with Gasteiger partial charge in [-0.2, -0.15) is 5.10 Å². The second kappa shape index (κ2) is 7.43. The lowest BCUT2D eigenvalue weighted by Gasteiger charge is -2.34. The highest BCUT2D eigenvalue weighted by molar-refractivity contribution is 5.76. The third-order valence-electron chi connectivity index (χ3n) is 4.53. The van der Waals surface area contributed by atoms with Gasteiger partial charge in [0.1, 0.15) is 18.4 Å². The van der Waals surface area contributed by atoms with E-state index in [-0.39, 0.29) is 18.1 Å². The Bertz CT molecular complexity index is 751. The highest BCUT2D eigenvalue weighted by Crippen LogP contribution is 2.16. The van der Waals surface area contributed by atoms with Crippen LogP contribution in [-0.2, 0) is 17.9 Å². The lowest BCUT2D eigenvalue weighted by atomic mass is 10.2. The van der Waals surface area contributed by atoms with Crippen LogP contribution >= 0.6 is 0 Å². The molecule has 2 heterocycles. The number of hydrogen-bond donors (Lipinski definition) is 0. The van der Waals surface area contributed by atoms with Gasteiger partial charge in [0, 0.05) is 32.7 Å². The number of nitro groups is 1. The van der Waals surface area contributed by atoms with Gasteiger partial charge in [-0.25, -0.2) is 0 Å². The lowest BCUT2D eigenvalue weighted by molar-refractivity contribution is -0.385. The molecule has 0 radical (unpaired) electrons. The fourth-order valence-electron chi connectivity index (χ4n) is 3.00. The van der Waals surface area contributed by atoms with Gasteiger partial charge in [-0.15, -0.1) is 0 Å². The minimum Gasteiger partial charge on any atom is -0.339 e. The first-order valence-electron chi connectivity index (χ1n) is 8.25. The number of aromatic nitrogens is 2. The standard InChI is InChI=1S/C17H21N5O3/c1-14-16(22(24)25)11-18-21(14)13-17(23)20-9-7-19(8-10-20)12-15-5-3-2-4-6-15/h2-6,11H,7-10,12-13H2,1H3. The van der Waals surface area contributed by atoms with Gasteiger partial charge >= 0.3 is 5.69 Å². The second-order valence-corrected chi connectivity index (χ2v) is 6.17. The molecule has 1 aliphatic heterocycles. The Morgan fingerprint density at radius 3 is 2.48 bits per heavy atom. The average Bonchev–Trinajstić information content (AvgIpc) is 2.97. The quantitative estimate of drug-likeness (QED) is 0.606. The topological polar surface area (TPSA) is 84.5 Å². The fraction of sp³-hybridized carbons (Fsp3) is 0.412. The molecule has 0 unspecified atom stereocenters. The highest BCUT2D eigenvalue weighted by Gasteiger charge is 2.23. The SMILES string of the molecule is Cc1c([N+](=O)[O-])cnn1CC(=O)N1CCN(Cc2ccccc2)CC1. The van der Waals surface area contributed by atoms with Gasteiger partial charge in [0.25, 0.3) is 0 Å². The minimum absolute atomic E-state index is 0.0400. The van der Waals surface area contributed by atoms with E-state index in [1.807, 2.05) is 18.2 Å². The third-order valence-corrected chi connectivity index (χ3v) is 4.53. The van der Waals surface area contributed by atoms with E-state index in [1.165, 1.54) is 16.4 Å².